The highest BCUT2D eigenvalue weighted by Crippen LogP contribution is 2.39. The van der Waals surface area contributed by atoms with Crippen LogP contribution in [0, 0.1) is 5.21 Å². The van der Waals surface area contributed by atoms with Crippen molar-refractivity contribution in [3.05, 3.63) is 107 Å². The van der Waals surface area contributed by atoms with Crippen LogP contribution in [-0.4, -0.2) is 29.7 Å². The average molecular weight is 509 g/mol. The highest BCUT2D eigenvalue weighted by Gasteiger charge is 2.33. The molecule has 188 valence electrons. The van der Waals surface area contributed by atoms with E-state index in [1.54, 1.807) is 30.3 Å². The fourth-order valence-electron chi connectivity index (χ4n) is 3.78. The quantitative estimate of drug-likeness (QED) is 0.184. The van der Waals surface area contributed by atoms with Gasteiger partial charge in [-0.05, 0) is 29.3 Å². The summed E-state index contributed by atoms with van der Waals surface area (Å²) in [6.07, 6.45) is 1.83. The second-order valence-electron chi connectivity index (χ2n) is 8.16. The summed E-state index contributed by atoms with van der Waals surface area (Å²) in [4.78, 5) is 12.0. The summed E-state index contributed by atoms with van der Waals surface area (Å²) in [5.74, 6) is 0.559. The molecule has 3 atom stereocenters. The molecule has 8 nitrogen and oxygen atoms in total. The Hall–Kier alpha value is -3.37. The molecule has 0 bridgehead atoms. The Bertz CT molecular complexity index is 1170. The molecule has 1 aliphatic heterocycles. The number of rotatable bonds is 9. The maximum Gasteiger partial charge on any atom is 0.411 e. The SMILES string of the molecule is C=CCOC(=O)Nc1cccc([C@@H]2O[C@H](CSc3cccc[n+]3[O-])C[C@H](c3ccc(CO)cc3)O2)c1. The molecule has 0 unspecified atom stereocenters. The zero-order chi connectivity index (χ0) is 25.3. The van der Waals surface area contributed by atoms with Crippen LogP contribution in [0.4, 0.5) is 10.5 Å². The van der Waals surface area contributed by atoms with Gasteiger partial charge in [0.05, 0.1) is 18.8 Å². The summed E-state index contributed by atoms with van der Waals surface area (Å²) in [5.41, 5.74) is 3.07. The monoisotopic (exact) mass is 508 g/mol. The number of pyridine rings is 1. The number of hydrogen-bond acceptors (Lipinski definition) is 7. The van der Waals surface area contributed by atoms with Crippen LogP contribution in [0.25, 0.3) is 0 Å². The number of hydrogen-bond donors (Lipinski definition) is 2. The molecule has 2 aromatic carbocycles. The first-order valence-corrected chi connectivity index (χ1v) is 12.5. The number of ether oxygens (including phenoxy) is 3. The van der Waals surface area contributed by atoms with Crippen molar-refractivity contribution in [2.24, 2.45) is 0 Å². The van der Waals surface area contributed by atoms with Crippen LogP contribution >= 0.6 is 11.8 Å². The van der Waals surface area contributed by atoms with Gasteiger partial charge in [0.15, 0.2) is 12.5 Å². The molecule has 1 amide bonds. The molecule has 2 heterocycles. The summed E-state index contributed by atoms with van der Waals surface area (Å²) in [7, 11) is 0. The van der Waals surface area contributed by atoms with Gasteiger partial charge in [0.1, 0.15) is 6.61 Å². The molecule has 0 aliphatic carbocycles. The zero-order valence-electron chi connectivity index (χ0n) is 19.6. The molecule has 1 aromatic heterocycles. The predicted octanol–water partition coefficient (Wildman–Crippen LogP) is 4.88. The van der Waals surface area contributed by atoms with Gasteiger partial charge in [-0.3, -0.25) is 5.32 Å². The molecular formula is C27H28N2O6S. The van der Waals surface area contributed by atoms with Crippen LogP contribution in [0.3, 0.4) is 0 Å². The lowest BCUT2D eigenvalue weighted by Gasteiger charge is -2.36. The lowest BCUT2D eigenvalue weighted by atomic mass is 10.0. The van der Waals surface area contributed by atoms with Crippen LogP contribution < -0.4 is 10.0 Å². The largest absolute Gasteiger partial charge is 0.618 e. The fraction of sp³-hybridized carbons (Fsp3) is 0.259. The Kier molecular flexibility index (Phi) is 8.96. The number of amides is 1. The van der Waals surface area contributed by atoms with Crippen LogP contribution in [-0.2, 0) is 20.8 Å². The molecular weight excluding hydrogens is 480 g/mol. The smallest absolute Gasteiger partial charge is 0.411 e. The Morgan fingerprint density at radius 3 is 2.75 bits per heavy atom. The molecule has 36 heavy (non-hydrogen) atoms. The van der Waals surface area contributed by atoms with Gasteiger partial charge < -0.3 is 24.5 Å². The highest BCUT2D eigenvalue weighted by atomic mass is 32.2. The molecule has 3 aromatic rings. The summed E-state index contributed by atoms with van der Waals surface area (Å²) in [6, 6.07) is 20.1. The Labute approximate surface area is 214 Å². The number of carbonyl (C=O) groups is 1. The van der Waals surface area contributed by atoms with Crippen molar-refractivity contribution in [2.75, 3.05) is 17.7 Å². The Balaban J connectivity index is 1.53. The average Bonchev–Trinajstić information content (AvgIpc) is 2.91. The predicted molar refractivity (Wildman–Crippen MR) is 136 cm³/mol. The van der Waals surface area contributed by atoms with Gasteiger partial charge in [-0.15, -0.1) is 0 Å². The Morgan fingerprint density at radius 1 is 1.17 bits per heavy atom. The second-order valence-corrected chi connectivity index (χ2v) is 9.20. The molecule has 1 aliphatic rings. The molecule has 0 saturated carbocycles. The van der Waals surface area contributed by atoms with E-state index in [-0.39, 0.29) is 25.4 Å². The number of nitrogens with zero attached hydrogens (tertiary/aromatic N) is 1. The van der Waals surface area contributed by atoms with Gasteiger partial charge >= 0.3 is 6.09 Å². The fourth-order valence-corrected chi connectivity index (χ4v) is 4.71. The lowest BCUT2D eigenvalue weighted by molar-refractivity contribution is -0.645. The number of benzene rings is 2. The number of thioether (sulfide) groups is 1. The molecule has 1 fully saturated rings. The minimum absolute atomic E-state index is 0.0297. The molecule has 1 saturated heterocycles. The summed E-state index contributed by atoms with van der Waals surface area (Å²) < 4.78 is 18.5. The first-order chi connectivity index (χ1) is 17.6. The van der Waals surface area contributed by atoms with Gasteiger partial charge in [0, 0.05) is 35.6 Å². The maximum atomic E-state index is 12.1. The number of anilines is 1. The summed E-state index contributed by atoms with van der Waals surface area (Å²) in [5, 5.41) is 24.7. The van der Waals surface area contributed by atoms with Crippen LogP contribution in [0.15, 0.2) is 90.6 Å². The number of carbonyl (C=O) groups excluding carboxylic acids is 1. The second kappa shape index (κ2) is 12.5. The lowest BCUT2D eigenvalue weighted by Crippen LogP contribution is -2.32. The van der Waals surface area contributed by atoms with E-state index in [1.807, 2.05) is 36.4 Å². The van der Waals surface area contributed by atoms with Gasteiger partial charge in [-0.1, -0.05) is 60.8 Å². The van der Waals surface area contributed by atoms with Gasteiger partial charge in [0.25, 0.3) is 5.03 Å². The molecule has 9 heteroatoms. The molecule has 0 radical (unpaired) electrons. The van der Waals surface area contributed by atoms with Crippen molar-refractivity contribution in [3.63, 3.8) is 0 Å². The third-order valence-corrected chi connectivity index (χ3v) is 6.71. The van der Waals surface area contributed by atoms with Crippen LogP contribution in [0.5, 0.6) is 0 Å². The van der Waals surface area contributed by atoms with E-state index >= 15 is 0 Å². The standard InChI is InChI=1S/C27H28N2O6S/c1-2-14-33-27(31)28-22-7-5-6-21(15-22)26-34-23(18-36-25-8-3-4-13-29(25)32)16-24(35-26)20-11-9-19(17-30)10-12-20/h2-13,15,23-24,26,30H,1,14,16-18H2,(H,28,31)/t23-,24+,26+/m0/s1. The van der Waals surface area contributed by atoms with Gasteiger partial charge in [-0.2, -0.15) is 4.73 Å². The number of aliphatic hydroxyl groups excluding tert-OH is 1. The van der Waals surface area contributed by atoms with E-state index in [9.17, 15) is 15.1 Å². The van der Waals surface area contributed by atoms with E-state index in [0.29, 0.717) is 22.9 Å². The number of aliphatic hydroxyl groups is 1. The van der Waals surface area contributed by atoms with Crippen molar-refractivity contribution in [1.29, 1.82) is 0 Å². The third kappa shape index (κ3) is 6.86. The van der Waals surface area contributed by atoms with Crippen LogP contribution in [0.2, 0.25) is 0 Å². The van der Waals surface area contributed by atoms with Crippen molar-refractivity contribution in [2.45, 2.75) is 36.6 Å². The Morgan fingerprint density at radius 2 is 2.00 bits per heavy atom. The van der Waals surface area contributed by atoms with Gasteiger partial charge in [0.2, 0.25) is 0 Å². The highest BCUT2D eigenvalue weighted by molar-refractivity contribution is 7.99. The van der Waals surface area contributed by atoms with Crippen molar-refractivity contribution in [1.82, 2.24) is 0 Å². The summed E-state index contributed by atoms with van der Waals surface area (Å²) in [6.45, 7) is 3.61. The first kappa shape index (κ1) is 25.7. The van der Waals surface area contributed by atoms with Crippen molar-refractivity contribution < 1.29 is 28.8 Å². The topological polar surface area (TPSA) is 104 Å². The van der Waals surface area contributed by atoms with Gasteiger partial charge in [-0.25, -0.2) is 4.79 Å². The summed E-state index contributed by atoms with van der Waals surface area (Å²) >= 11 is 1.43. The van der Waals surface area contributed by atoms with E-state index in [1.165, 1.54) is 24.0 Å². The minimum Gasteiger partial charge on any atom is -0.618 e. The minimum atomic E-state index is -0.687. The number of aromatic nitrogens is 1. The first-order valence-electron chi connectivity index (χ1n) is 11.5. The van der Waals surface area contributed by atoms with Crippen LogP contribution in [0.1, 0.15) is 35.5 Å². The molecule has 2 N–H and O–H groups in total. The van der Waals surface area contributed by atoms with E-state index < -0.39 is 12.4 Å². The van der Waals surface area contributed by atoms with E-state index in [0.717, 1.165) is 21.4 Å². The number of nitrogens with one attached hydrogen (secondary N) is 1. The normalized spacial score (nSPS) is 19.4. The third-order valence-electron chi connectivity index (χ3n) is 5.56. The van der Waals surface area contributed by atoms with E-state index in [2.05, 4.69) is 11.9 Å². The van der Waals surface area contributed by atoms with Crippen molar-refractivity contribution >= 4 is 23.5 Å². The van der Waals surface area contributed by atoms with Crippen molar-refractivity contribution in [3.8, 4) is 0 Å². The zero-order valence-corrected chi connectivity index (χ0v) is 20.4. The molecule has 0 spiro atoms. The molecule has 4 rings (SSSR count). The maximum absolute atomic E-state index is 12.1. The van der Waals surface area contributed by atoms with E-state index in [4.69, 9.17) is 14.2 Å².